The molecule has 6 nitrogen and oxygen atoms in total. The Kier molecular flexibility index (Phi) is 12.8. The molecule has 0 aliphatic carbocycles. The van der Waals surface area contributed by atoms with Crippen LogP contribution in [0.25, 0.3) is 0 Å². The number of ether oxygens (including phenoxy) is 1. The molecule has 0 bridgehead atoms. The summed E-state index contributed by atoms with van der Waals surface area (Å²) in [5.74, 6) is 0.124. The number of rotatable bonds is 8. The summed E-state index contributed by atoms with van der Waals surface area (Å²) in [7, 11) is 3.50. The quantitative estimate of drug-likeness (QED) is 0.711. The molecule has 2 rings (SSSR count). The Bertz CT molecular complexity index is 495. The molecule has 1 aromatic heterocycles. The van der Waals surface area contributed by atoms with Crippen LogP contribution in [0.5, 0.6) is 0 Å². The van der Waals surface area contributed by atoms with Crippen LogP contribution in [0.1, 0.15) is 25.0 Å². The van der Waals surface area contributed by atoms with Gasteiger partial charge in [0.25, 0.3) is 0 Å². The minimum atomic E-state index is -0.182. The summed E-state index contributed by atoms with van der Waals surface area (Å²) < 4.78 is 5.21. The Hall–Kier alpha value is -0.920. The van der Waals surface area contributed by atoms with Crippen LogP contribution in [0, 0.1) is 0 Å². The van der Waals surface area contributed by atoms with E-state index in [1.165, 1.54) is 0 Å². The highest BCUT2D eigenvalue weighted by Crippen LogP contribution is 2.17. The second kappa shape index (κ2) is 13.3. The molecule has 0 radical (unpaired) electrons. The number of nitrogens with two attached hydrogens (primary N) is 1. The predicted octanol–water partition coefficient (Wildman–Crippen LogP) is 1.75. The van der Waals surface area contributed by atoms with Crippen molar-refractivity contribution in [3.63, 3.8) is 0 Å². The standard InChI is InChI=1S/C18H30N4O2.2ClH/c1-21(18(23)13-17(14-19)24-2)16-7-11-22(12-8-16)10-6-15-5-3-4-9-20-15;;/h3-5,9,16-17H,6-8,10-14,19H2,1-2H3;2*1H. The first-order valence-electron chi connectivity index (χ1n) is 8.74. The van der Waals surface area contributed by atoms with Crippen LogP contribution in [-0.4, -0.2) is 73.2 Å². The number of piperidine rings is 1. The second-order valence-electron chi connectivity index (χ2n) is 6.45. The zero-order chi connectivity index (χ0) is 17.4. The van der Waals surface area contributed by atoms with E-state index >= 15 is 0 Å². The van der Waals surface area contributed by atoms with E-state index in [9.17, 15) is 4.79 Å². The number of nitrogens with zero attached hydrogens (tertiary/aromatic N) is 3. The fraction of sp³-hybridized carbons (Fsp3) is 0.667. The number of carbonyl (C=O) groups excluding carboxylic acids is 1. The van der Waals surface area contributed by atoms with E-state index < -0.39 is 0 Å². The number of hydrogen-bond donors (Lipinski definition) is 1. The van der Waals surface area contributed by atoms with Gasteiger partial charge in [-0.05, 0) is 25.0 Å². The molecule has 1 fully saturated rings. The van der Waals surface area contributed by atoms with Gasteiger partial charge in [0.2, 0.25) is 5.91 Å². The van der Waals surface area contributed by atoms with Crippen LogP contribution in [0.4, 0.5) is 0 Å². The van der Waals surface area contributed by atoms with Crippen molar-refractivity contribution in [2.75, 3.05) is 40.3 Å². The summed E-state index contributed by atoms with van der Waals surface area (Å²) in [5, 5.41) is 0. The summed E-state index contributed by atoms with van der Waals surface area (Å²) in [4.78, 5) is 21.0. The van der Waals surface area contributed by atoms with Gasteiger partial charge in [0.15, 0.2) is 0 Å². The second-order valence-corrected chi connectivity index (χ2v) is 6.45. The van der Waals surface area contributed by atoms with Gasteiger partial charge in [-0.25, -0.2) is 0 Å². The Labute approximate surface area is 169 Å². The number of likely N-dealkylation sites (tertiary alicyclic amines) is 1. The Morgan fingerprint density at radius 2 is 2.08 bits per heavy atom. The molecular formula is C18H32Cl2N4O2. The van der Waals surface area contributed by atoms with Gasteiger partial charge >= 0.3 is 0 Å². The van der Waals surface area contributed by atoms with Crippen LogP contribution in [-0.2, 0) is 16.0 Å². The number of halogens is 2. The van der Waals surface area contributed by atoms with E-state index in [-0.39, 0.29) is 36.8 Å². The van der Waals surface area contributed by atoms with Crippen LogP contribution in [0.3, 0.4) is 0 Å². The lowest BCUT2D eigenvalue weighted by atomic mass is 10.0. The summed E-state index contributed by atoms with van der Waals surface area (Å²) in [5.41, 5.74) is 6.74. The molecule has 0 aromatic carbocycles. The Morgan fingerprint density at radius 3 is 2.62 bits per heavy atom. The number of methoxy groups -OCH3 is 1. The maximum absolute atomic E-state index is 12.3. The fourth-order valence-electron chi connectivity index (χ4n) is 3.15. The summed E-state index contributed by atoms with van der Waals surface area (Å²) in [6.07, 6.45) is 5.04. The molecule has 0 saturated carbocycles. The third-order valence-electron chi connectivity index (χ3n) is 4.91. The third-order valence-corrected chi connectivity index (χ3v) is 4.91. The van der Waals surface area contributed by atoms with Gasteiger partial charge in [0.1, 0.15) is 0 Å². The minimum absolute atomic E-state index is 0. The molecule has 2 N–H and O–H groups in total. The lowest BCUT2D eigenvalue weighted by Crippen LogP contribution is -2.47. The molecule has 26 heavy (non-hydrogen) atoms. The normalized spacial score (nSPS) is 16.3. The number of hydrogen-bond acceptors (Lipinski definition) is 5. The maximum Gasteiger partial charge on any atom is 0.225 e. The summed E-state index contributed by atoms with van der Waals surface area (Å²) in [6, 6.07) is 6.37. The van der Waals surface area contributed by atoms with Gasteiger partial charge < -0.3 is 20.3 Å². The van der Waals surface area contributed by atoms with Gasteiger partial charge in [-0.3, -0.25) is 9.78 Å². The Morgan fingerprint density at radius 1 is 1.38 bits per heavy atom. The summed E-state index contributed by atoms with van der Waals surface area (Å²) >= 11 is 0. The highest BCUT2D eigenvalue weighted by atomic mass is 35.5. The molecule has 150 valence electrons. The van der Waals surface area contributed by atoms with Gasteiger partial charge in [-0.1, -0.05) is 6.07 Å². The topological polar surface area (TPSA) is 71.7 Å². The van der Waals surface area contributed by atoms with E-state index in [0.29, 0.717) is 19.0 Å². The predicted molar refractivity (Wildman–Crippen MR) is 109 cm³/mol. The largest absolute Gasteiger partial charge is 0.380 e. The molecule has 8 heteroatoms. The zero-order valence-electron chi connectivity index (χ0n) is 15.7. The van der Waals surface area contributed by atoms with E-state index in [0.717, 1.165) is 44.6 Å². The first-order valence-corrected chi connectivity index (χ1v) is 8.74. The maximum atomic E-state index is 12.3. The van der Waals surface area contributed by atoms with Gasteiger partial charge in [-0.15, -0.1) is 24.8 Å². The molecule has 1 amide bonds. The average molecular weight is 407 g/mol. The fourth-order valence-corrected chi connectivity index (χ4v) is 3.15. The van der Waals surface area contributed by atoms with Crippen molar-refractivity contribution in [2.24, 2.45) is 5.73 Å². The van der Waals surface area contributed by atoms with Gasteiger partial charge in [-0.2, -0.15) is 0 Å². The minimum Gasteiger partial charge on any atom is -0.380 e. The van der Waals surface area contributed by atoms with Crippen molar-refractivity contribution in [2.45, 2.75) is 37.8 Å². The third kappa shape index (κ3) is 7.76. The monoisotopic (exact) mass is 406 g/mol. The lowest BCUT2D eigenvalue weighted by molar-refractivity contribution is -0.135. The first-order chi connectivity index (χ1) is 11.6. The van der Waals surface area contributed by atoms with E-state index in [1.54, 1.807) is 7.11 Å². The smallest absolute Gasteiger partial charge is 0.225 e. The average Bonchev–Trinajstić information content (AvgIpc) is 2.65. The van der Waals surface area contributed by atoms with Crippen molar-refractivity contribution in [1.82, 2.24) is 14.8 Å². The molecule has 1 saturated heterocycles. The Balaban J connectivity index is 0.00000312. The highest BCUT2D eigenvalue weighted by molar-refractivity contribution is 5.85. The molecule has 1 atom stereocenters. The number of pyridine rings is 1. The molecule has 1 unspecified atom stereocenters. The van der Waals surface area contributed by atoms with Crippen molar-refractivity contribution in [1.29, 1.82) is 0 Å². The van der Waals surface area contributed by atoms with Gasteiger partial charge in [0.05, 0.1) is 12.5 Å². The van der Waals surface area contributed by atoms with E-state index in [4.69, 9.17) is 10.5 Å². The van der Waals surface area contributed by atoms with Crippen LogP contribution >= 0.6 is 24.8 Å². The highest BCUT2D eigenvalue weighted by Gasteiger charge is 2.26. The van der Waals surface area contributed by atoms with Gasteiger partial charge in [0, 0.05) is 64.7 Å². The number of aromatic nitrogens is 1. The van der Waals surface area contributed by atoms with Crippen molar-refractivity contribution in [3.05, 3.63) is 30.1 Å². The molecule has 2 heterocycles. The summed E-state index contributed by atoms with van der Waals surface area (Å²) in [6.45, 7) is 3.46. The van der Waals surface area contributed by atoms with Crippen LogP contribution in [0.15, 0.2) is 24.4 Å². The molecule has 1 aromatic rings. The first kappa shape index (κ1) is 25.1. The van der Waals surface area contributed by atoms with E-state index in [1.807, 2.05) is 30.3 Å². The molecule has 1 aliphatic heterocycles. The van der Waals surface area contributed by atoms with E-state index in [2.05, 4.69) is 16.0 Å². The molecular weight excluding hydrogens is 375 g/mol. The van der Waals surface area contributed by atoms with Crippen LogP contribution in [0.2, 0.25) is 0 Å². The van der Waals surface area contributed by atoms with Crippen LogP contribution < -0.4 is 5.73 Å². The molecule has 1 aliphatic rings. The SMILES string of the molecule is COC(CN)CC(=O)N(C)C1CCN(CCc2ccccn2)CC1.Cl.Cl. The number of amides is 1. The van der Waals surface area contributed by atoms with Crippen molar-refractivity contribution >= 4 is 30.7 Å². The van der Waals surface area contributed by atoms with Crippen molar-refractivity contribution in [3.8, 4) is 0 Å². The zero-order valence-corrected chi connectivity index (χ0v) is 17.3. The number of carbonyl (C=O) groups is 1. The molecule has 0 spiro atoms. The lowest BCUT2D eigenvalue weighted by Gasteiger charge is -2.37. The van der Waals surface area contributed by atoms with Crippen molar-refractivity contribution < 1.29 is 9.53 Å².